The van der Waals surface area contributed by atoms with Gasteiger partial charge in [0.25, 0.3) is 5.56 Å². The van der Waals surface area contributed by atoms with Crippen molar-refractivity contribution in [1.82, 2.24) is 9.55 Å². The minimum atomic E-state index is 0.000327. The van der Waals surface area contributed by atoms with Gasteiger partial charge in [0.2, 0.25) is 0 Å². The molecule has 0 amide bonds. The molecule has 5 heteroatoms. The van der Waals surface area contributed by atoms with E-state index >= 15 is 0 Å². The maximum absolute atomic E-state index is 13.5. The van der Waals surface area contributed by atoms with Gasteiger partial charge in [-0.15, -0.1) is 11.3 Å². The first-order chi connectivity index (χ1) is 12.7. The lowest BCUT2D eigenvalue weighted by Gasteiger charge is -2.12. The van der Waals surface area contributed by atoms with Gasteiger partial charge in [0, 0.05) is 10.4 Å². The molecule has 0 saturated heterocycles. The second kappa shape index (κ2) is 7.09. The fourth-order valence-corrected chi connectivity index (χ4v) is 4.95. The van der Waals surface area contributed by atoms with Crippen LogP contribution in [0.15, 0.2) is 70.6 Å². The summed E-state index contributed by atoms with van der Waals surface area (Å²) in [5.41, 5.74) is 2.91. The van der Waals surface area contributed by atoms with E-state index in [0.717, 1.165) is 37.4 Å². The van der Waals surface area contributed by atoms with Crippen LogP contribution >= 0.6 is 23.1 Å². The van der Waals surface area contributed by atoms with E-state index < -0.39 is 0 Å². The zero-order valence-electron chi connectivity index (χ0n) is 14.6. The zero-order chi connectivity index (χ0) is 18.1. The Labute approximate surface area is 160 Å². The number of aryl methyl sites for hydroxylation is 1. The Morgan fingerprint density at radius 1 is 1.04 bits per heavy atom. The van der Waals surface area contributed by atoms with E-state index in [9.17, 15) is 4.79 Å². The van der Waals surface area contributed by atoms with Crippen molar-refractivity contribution in [2.45, 2.75) is 19.0 Å². The fourth-order valence-electron chi connectivity index (χ4n) is 3.13. The molecular weight excluding hydrogens is 360 g/mol. The smallest absolute Gasteiger partial charge is 0.268 e. The molecule has 0 bridgehead atoms. The van der Waals surface area contributed by atoms with E-state index in [4.69, 9.17) is 4.98 Å². The van der Waals surface area contributed by atoms with Crippen LogP contribution in [0.1, 0.15) is 11.8 Å². The quantitative estimate of drug-likeness (QED) is 0.346. The monoisotopic (exact) mass is 378 g/mol. The molecule has 26 heavy (non-hydrogen) atoms. The van der Waals surface area contributed by atoms with Crippen molar-refractivity contribution in [2.24, 2.45) is 0 Å². The van der Waals surface area contributed by atoms with E-state index in [-0.39, 0.29) is 5.56 Å². The number of thiophene rings is 1. The molecule has 0 spiro atoms. The fraction of sp³-hybridized carbons (Fsp3) is 0.143. The van der Waals surface area contributed by atoms with E-state index in [0.29, 0.717) is 5.39 Å². The summed E-state index contributed by atoms with van der Waals surface area (Å²) in [4.78, 5) is 20.3. The molecule has 0 aliphatic rings. The molecule has 2 heterocycles. The summed E-state index contributed by atoms with van der Waals surface area (Å²) >= 11 is 3.19. The molecule has 3 nitrogen and oxygen atoms in total. The van der Waals surface area contributed by atoms with Gasteiger partial charge in [-0.2, -0.15) is 0 Å². The highest BCUT2D eigenvalue weighted by molar-refractivity contribution is 7.99. The van der Waals surface area contributed by atoms with Crippen molar-refractivity contribution in [3.05, 3.63) is 75.9 Å². The summed E-state index contributed by atoms with van der Waals surface area (Å²) in [5, 5.41) is 1.46. The number of benzene rings is 2. The number of thioether (sulfide) groups is 1. The highest BCUT2D eigenvalue weighted by Crippen LogP contribution is 2.36. The average molecular weight is 379 g/mol. The van der Waals surface area contributed by atoms with Crippen LogP contribution in [0, 0.1) is 6.92 Å². The normalized spacial score (nSPS) is 11.2. The summed E-state index contributed by atoms with van der Waals surface area (Å²) in [5.74, 6) is 0.862. The SMILES string of the molecule is CCSc1nc2sc(C)c(-c3ccccc3)c2c(=O)n1-c1ccccc1. The number of hydrogen-bond acceptors (Lipinski definition) is 4. The van der Waals surface area contributed by atoms with Gasteiger partial charge < -0.3 is 0 Å². The molecule has 0 fully saturated rings. The van der Waals surface area contributed by atoms with E-state index in [2.05, 4.69) is 26.0 Å². The van der Waals surface area contributed by atoms with Crippen LogP contribution < -0.4 is 5.56 Å². The molecule has 0 N–H and O–H groups in total. The second-order valence-corrected chi connectivity index (χ2v) is 8.32. The van der Waals surface area contributed by atoms with Gasteiger partial charge in [-0.3, -0.25) is 9.36 Å². The molecule has 2 aromatic carbocycles. The summed E-state index contributed by atoms with van der Waals surface area (Å²) in [6, 6.07) is 19.9. The van der Waals surface area contributed by atoms with Gasteiger partial charge in [-0.25, -0.2) is 4.98 Å². The molecule has 4 aromatic rings. The molecule has 0 aliphatic carbocycles. The first-order valence-electron chi connectivity index (χ1n) is 8.50. The number of rotatable bonds is 4. The Hall–Kier alpha value is -2.37. The first-order valence-corrected chi connectivity index (χ1v) is 10.3. The third kappa shape index (κ3) is 2.87. The molecule has 2 aromatic heterocycles. The predicted octanol–water partition coefficient (Wildman–Crippen LogP) is 5.53. The van der Waals surface area contributed by atoms with E-state index in [1.54, 1.807) is 27.7 Å². The largest absolute Gasteiger partial charge is 0.268 e. The van der Waals surface area contributed by atoms with Crippen molar-refractivity contribution in [1.29, 1.82) is 0 Å². The van der Waals surface area contributed by atoms with Crippen LogP contribution in [-0.2, 0) is 0 Å². The summed E-state index contributed by atoms with van der Waals surface area (Å²) < 4.78 is 1.75. The van der Waals surface area contributed by atoms with Crippen molar-refractivity contribution >= 4 is 33.3 Å². The van der Waals surface area contributed by atoms with E-state index in [1.807, 2.05) is 48.5 Å². The average Bonchev–Trinajstić information content (AvgIpc) is 3.00. The van der Waals surface area contributed by atoms with Crippen LogP contribution in [0.4, 0.5) is 0 Å². The van der Waals surface area contributed by atoms with Gasteiger partial charge in [0.15, 0.2) is 5.16 Å². The van der Waals surface area contributed by atoms with Gasteiger partial charge in [0.05, 0.1) is 11.1 Å². The van der Waals surface area contributed by atoms with Gasteiger partial charge in [0.1, 0.15) is 4.83 Å². The lowest BCUT2D eigenvalue weighted by atomic mass is 10.0. The van der Waals surface area contributed by atoms with Gasteiger partial charge >= 0.3 is 0 Å². The number of hydrogen-bond donors (Lipinski definition) is 0. The lowest BCUT2D eigenvalue weighted by Crippen LogP contribution is -2.21. The topological polar surface area (TPSA) is 34.9 Å². The number of nitrogens with zero attached hydrogens (tertiary/aromatic N) is 2. The lowest BCUT2D eigenvalue weighted by molar-refractivity contribution is 0.823. The van der Waals surface area contributed by atoms with Gasteiger partial charge in [-0.1, -0.05) is 67.2 Å². The van der Waals surface area contributed by atoms with Crippen molar-refractivity contribution in [2.75, 3.05) is 5.75 Å². The molecular formula is C21H18N2OS2. The van der Waals surface area contributed by atoms with E-state index in [1.165, 1.54) is 0 Å². The maximum Gasteiger partial charge on any atom is 0.268 e. The third-order valence-corrected chi connectivity index (χ3v) is 6.04. The number of para-hydroxylation sites is 1. The molecule has 0 aliphatic heterocycles. The first kappa shape index (κ1) is 17.1. The Kier molecular flexibility index (Phi) is 4.66. The maximum atomic E-state index is 13.5. The van der Waals surface area contributed by atoms with Gasteiger partial charge in [-0.05, 0) is 30.4 Å². The third-order valence-electron chi connectivity index (χ3n) is 4.22. The summed E-state index contributed by atoms with van der Waals surface area (Å²) in [7, 11) is 0. The van der Waals surface area contributed by atoms with Crippen molar-refractivity contribution < 1.29 is 0 Å². The van der Waals surface area contributed by atoms with Crippen LogP contribution in [0.2, 0.25) is 0 Å². The summed E-state index contributed by atoms with van der Waals surface area (Å²) in [6.07, 6.45) is 0. The number of aromatic nitrogens is 2. The Morgan fingerprint density at radius 2 is 1.69 bits per heavy atom. The van der Waals surface area contributed by atoms with Crippen LogP contribution in [0.25, 0.3) is 27.0 Å². The van der Waals surface area contributed by atoms with Crippen LogP contribution in [-0.4, -0.2) is 15.3 Å². The predicted molar refractivity (Wildman–Crippen MR) is 112 cm³/mol. The molecule has 0 atom stereocenters. The summed E-state index contributed by atoms with van der Waals surface area (Å²) in [6.45, 7) is 4.14. The van der Waals surface area contributed by atoms with Crippen LogP contribution in [0.5, 0.6) is 0 Å². The molecule has 0 unspecified atom stereocenters. The molecule has 0 radical (unpaired) electrons. The molecule has 0 saturated carbocycles. The van der Waals surface area contributed by atoms with Crippen LogP contribution in [0.3, 0.4) is 0 Å². The highest BCUT2D eigenvalue weighted by atomic mass is 32.2. The highest BCUT2D eigenvalue weighted by Gasteiger charge is 2.20. The Morgan fingerprint density at radius 3 is 2.35 bits per heavy atom. The van der Waals surface area contributed by atoms with Crippen molar-refractivity contribution in [3.63, 3.8) is 0 Å². The standard InChI is InChI=1S/C21H18N2OS2/c1-3-25-21-22-19-18(20(24)23(21)16-12-8-5-9-13-16)17(14(2)26-19)15-10-6-4-7-11-15/h4-13H,3H2,1-2H3. The molecule has 130 valence electrons. The minimum Gasteiger partial charge on any atom is -0.268 e. The van der Waals surface area contributed by atoms with Crippen molar-refractivity contribution in [3.8, 4) is 16.8 Å². The Balaban J connectivity index is 2.09. The zero-order valence-corrected chi connectivity index (χ0v) is 16.2. The number of fused-ring (bicyclic) bond motifs is 1. The second-order valence-electron chi connectivity index (χ2n) is 5.88. The molecule has 4 rings (SSSR count). The minimum absolute atomic E-state index is 0.000327. The Bertz CT molecular complexity index is 1120.